The molecule has 0 N–H and O–H groups in total. The minimum Gasteiger partial charge on any atom is -0.493 e. The van der Waals surface area contributed by atoms with Gasteiger partial charge in [-0.1, -0.05) is 26.2 Å². The topological polar surface area (TPSA) is 44.8 Å². The summed E-state index contributed by atoms with van der Waals surface area (Å²) >= 11 is 0. The largest absolute Gasteiger partial charge is 0.493 e. The van der Waals surface area contributed by atoms with E-state index in [1.165, 1.54) is 32.1 Å². The molecule has 0 spiro atoms. The fourth-order valence-corrected chi connectivity index (χ4v) is 2.96. The lowest BCUT2D eigenvalue weighted by molar-refractivity contribution is 0.0987. The lowest BCUT2D eigenvalue weighted by atomic mass is 9.90. The van der Waals surface area contributed by atoms with E-state index in [0.29, 0.717) is 41.8 Å². The molecule has 0 radical (unpaired) electrons. The first-order valence-electron chi connectivity index (χ1n) is 8.11. The van der Waals surface area contributed by atoms with E-state index in [1.54, 1.807) is 26.4 Å². The highest BCUT2D eigenvalue weighted by Crippen LogP contribution is 2.39. The van der Waals surface area contributed by atoms with E-state index in [1.807, 2.05) is 6.92 Å². The molecular formula is C18H26O4. The van der Waals surface area contributed by atoms with Gasteiger partial charge in [-0.15, -0.1) is 0 Å². The molecule has 0 aliphatic heterocycles. The number of benzene rings is 1. The van der Waals surface area contributed by atoms with Gasteiger partial charge in [0, 0.05) is 12.0 Å². The molecule has 1 aliphatic rings. The van der Waals surface area contributed by atoms with Crippen molar-refractivity contribution in [1.82, 2.24) is 0 Å². The van der Waals surface area contributed by atoms with Gasteiger partial charge in [0.05, 0.1) is 20.8 Å². The average Bonchev–Trinajstić information content (AvgIpc) is 2.59. The van der Waals surface area contributed by atoms with Crippen molar-refractivity contribution in [2.45, 2.75) is 45.4 Å². The van der Waals surface area contributed by atoms with Crippen LogP contribution in [0.5, 0.6) is 17.2 Å². The molecule has 1 aromatic rings. The molecule has 4 heteroatoms. The first-order valence-corrected chi connectivity index (χ1v) is 8.11. The lowest BCUT2D eigenvalue weighted by Crippen LogP contribution is -2.16. The van der Waals surface area contributed by atoms with Gasteiger partial charge in [-0.25, -0.2) is 0 Å². The van der Waals surface area contributed by atoms with Crippen molar-refractivity contribution in [3.05, 3.63) is 17.7 Å². The molecule has 1 aliphatic carbocycles. The van der Waals surface area contributed by atoms with Gasteiger partial charge in [-0.3, -0.25) is 4.79 Å². The molecule has 0 saturated heterocycles. The van der Waals surface area contributed by atoms with Crippen LogP contribution >= 0.6 is 0 Å². The summed E-state index contributed by atoms with van der Waals surface area (Å²) in [5, 5.41) is 0. The zero-order valence-electron chi connectivity index (χ0n) is 13.8. The molecule has 1 saturated carbocycles. The number of carbonyl (C=O) groups excluding carboxylic acids is 1. The van der Waals surface area contributed by atoms with Crippen molar-refractivity contribution in [3.63, 3.8) is 0 Å². The second kappa shape index (κ2) is 8.06. The Bertz CT molecular complexity index is 504. The van der Waals surface area contributed by atoms with Crippen LogP contribution in [0.1, 0.15) is 55.8 Å². The zero-order chi connectivity index (χ0) is 15.9. The van der Waals surface area contributed by atoms with Crippen LogP contribution < -0.4 is 14.2 Å². The molecule has 0 heterocycles. The summed E-state index contributed by atoms with van der Waals surface area (Å²) in [6.07, 6.45) is 6.78. The van der Waals surface area contributed by atoms with Gasteiger partial charge in [-0.05, 0) is 30.9 Å². The van der Waals surface area contributed by atoms with Crippen molar-refractivity contribution < 1.29 is 19.0 Å². The van der Waals surface area contributed by atoms with Crippen LogP contribution in [-0.4, -0.2) is 26.6 Å². The monoisotopic (exact) mass is 306 g/mol. The maximum Gasteiger partial charge on any atom is 0.203 e. The Labute approximate surface area is 132 Å². The molecule has 122 valence electrons. The molecular weight excluding hydrogens is 280 g/mol. The SMILES string of the molecule is CCC(=O)c1cc(OC)c(OC)c(OCC2CCCCC2)c1. The van der Waals surface area contributed by atoms with Crippen molar-refractivity contribution in [3.8, 4) is 17.2 Å². The normalized spacial score (nSPS) is 15.4. The standard InChI is InChI=1S/C18H26O4/c1-4-15(19)14-10-16(20-2)18(21-3)17(11-14)22-12-13-8-6-5-7-9-13/h10-11,13H,4-9,12H2,1-3H3. The van der Waals surface area contributed by atoms with Gasteiger partial charge in [0.15, 0.2) is 17.3 Å². The highest BCUT2D eigenvalue weighted by atomic mass is 16.5. The molecule has 0 atom stereocenters. The van der Waals surface area contributed by atoms with E-state index in [9.17, 15) is 4.79 Å². The number of methoxy groups -OCH3 is 2. The van der Waals surface area contributed by atoms with Gasteiger partial charge in [0.2, 0.25) is 5.75 Å². The maximum absolute atomic E-state index is 12.0. The minimum atomic E-state index is 0.0727. The number of hydrogen-bond donors (Lipinski definition) is 0. The second-order valence-corrected chi connectivity index (χ2v) is 5.80. The summed E-state index contributed by atoms with van der Waals surface area (Å²) in [4.78, 5) is 12.0. The Kier molecular flexibility index (Phi) is 6.10. The predicted octanol–water partition coefficient (Wildman–Crippen LogP) is 4.26. The molecule has 0 amide bonds. The quantitative estimate of drug-likeness (QED) is 0.706. The number of hydrogen-bond acceptors (Lipinski definition) is 4. The molecule has 0 bridgehead atoms. The Morgan fingerprint density at radius 2 is 1.77 bits per heavy atom. The number of ketones is 1. The Balaban J connectivity index is 2.20. The van der Waals surface area contributed by atoms with E-state index in [-0.39, 0.29) is 5.78 Å². The highest BCUT2D eigenvalue weighted by molar-refractivity contribution is 5.97. The first kappa shape index (κ1) is 16.7. The maximum atomic E-state index is 12.0. The van der Waals surface area contributed by atoms with Crippen LogP contribution in [0.4, 0.5) is 0 Å². The summed E-state index contributed by atoms with van der Waals surface area (Å²) in [7, 11) is 3.16. The summed E-state index contributed by atoms with van der Waals surface area (Å²) in [6, 6.07) is 3.49. The van der Waals surface area contributed by atoms with Gasteiger partial charge >= 0.3 is 0 Å². The summed E-state index contributed by atoms with van der Waals surface area (Å²) in [6.45, 7) is 2.52. The molecule has 0 unspecified atom stereocenters. The van der Waals surface area contributed by atoms with Crippen LogP contribution in [-0.2, 0) is 0 Å². The second-order valence-electron chi connectivity index (χ2n) is 5.80. The minimum absolute atomic E-state index is 0.0727. The molecule has 0 aromatic heterocycles. The molecule has 1 fully saturated rings. The third-order valence-corrected chi connectivity index (χ3v) is 4.29. The summed E-state index contributed by atoms with van der Waals surface area (Å²) < 4.78 is 16.7. The number of Topliss-reactive ketones (excluding diaryl/α,β-unsaturated/α-hetero) is 1. The number of carbonyl (C=O) groups is 1. The van der Waals surface area contributed by atoms with Crippen molar-refractivity contribution >= 4 is 5.78 Å². The molecule has 4 nitrogen and oxygen atoms in total. The predicted molar refractivity (Wildman–Crippen MR) is 86.2 cm³/mol. The highest BCUT2D eigenvalue weighted by Gasteiger charge is 2.19. The smallest absolute Gasteiger partial charge is 0.203 e. The zero-order valence-corrected chi connectivity index (χ0v) is 13.8. The van der Waals surface area contributed by atoms with E-state index < -0.39 is 0 Å². The first-order chi connectivity index (χ1) is 10.7. The third-order valence-electron chi connectivity index (χ3n) is 4.29. The number of rotatable bonds is 7. The fourth-order valence-electron chi connectivity index (χ4n) is 2.96. The van der Waals surface area contributed by atoms with Crippen molar-refractivity contribution in [2.75, 3.05) is 20.8 Å². The third kappa shape index (κ3) is 3.93. The van der Waals surface area contributed by atoms with Crippen LogP contribution in [0.3, 0.4) is 0 Å². The van der Waals surface area contributed by atoms with Gasteiger partial charge < -0.3 is 14.2 Å². The lowest BCUT2D eigenvalue weighted by Gasteiger charge is -2.23. The van der Waals surface area contributed by atoms with E-state index in [2.05, 4.69) is 0 Å². The Morgan fingerprint density at radius 1 is 1.09 bits per heavy atom. The van der Waals surface area contributed by atoms with Crippen molar-refractivity contribution in [1.29, 1.82) is 0 Å². The van der Waals surface area contributed by atoms with Gasteiger partial charge in [0.25, 0.3) is 0 Å². The number of ether oxygens (including phenoxy) is 3. The summed E-state index contributed by atoms with van der Waals surface area (Å²) in [5.74, 6) is 2.37. The average molecular weight is 306 g/mol. The Hall–Kier alpha value is -1.71. The van der Waals surface area contributed by atoms with Crippen LogP contribution in [0.15, 0.2) is 12.1 Å². The van der Waals surface area contributed by atoms with Gasteiger partial charge in [-0.2, -0.15) is 0 Å². The molecule has 22 heavy (non-hydrogen) atoms. The summed E-state index contributed by atoms with van der Waals surface area (Å²) in [5.41, 5.74) is 0.610. The van der Waals surface area contributed by atoms with E-state index in [0.717, 1.165) is 0 Å². The molecule has 2 rings (SSSR count). The molecule has 1 aromatic carbocycles. The van der Waals surface area contributed by atoms with E-state index >= 15 is 0 Å². The fraction of sp³-hybridized carbons (Fsp3) is 0.611. The van der Waals surface area contributed by atoms with Crippen molar-refractivity contribution in [2.24, 2.45) is 5.92 Å². The van der Waals surface area contributed by atoms with Gasteiger partial charge in [0.1, 0.15) is 0 Å². The van der Waals surface area contributed by atoms with Crippen LogP contribution in [0, 0.1) is 5.92 Å². The Morgan fingerprint density at radius 3 is 2.36 bits per heavy atom. The van der Waals surface area contributed by atoms with E-state index in [4.69, 9.17) is 14.2 Å². The van der Waals surface area contributed by atoms with Crippen LogP contribution in [0.25, 0.3) is 0 Å². The van der Waals surface area contributed by atoms with Crippen LogP contribution in [0.2, 0.25) is 0 Å².